The summed E-state index contributed by atoms with van der Waals surface area (Å²) in [7, 11) is 0. The van der Waals surface area contributed by atoms with E-state index < -0.39 is 18.6 Å². The summed E-state index contributed by atoms with van der Waals surface area (Å²) < 4.78 is 32.0. The third kappa shape index (κ3) is 4.80. The molecule has 116 valence electrons. The largest absolute Gasteiger partial charge is 0.445 e. The molecule has 2 rings (SSSR count). The standard InChI is InChI=1S/C16H14BrF2NO2/c17-13-8-6-12(7-9-13)14(15(18)19)20-16(21)22-10-11-4-2-1-3-5-11/h1-9,14-15H,10H2,(H,20,21)/t14-/m1/s1. The Morgan fingerprint density at radius 1 is 1.09 bits per heavy atom. The van der Waals surface area contributed by atoms with E-state index in [2.05, 4.69) is 21.2 Å². The van der Waals surface area contributed by atoms with Crippen LogP contribution in [0.2, 0.25) is 0 Å². The van der Waals surface area contributed by atoms with Gasteiger partial charge in [0.25, 0.3) is 6.43 Å². The Bertz CT molecular complexity index is 605. The lowest BCUT2D eigenvalue weighted by Crippen LogP contribution is -2.33. The average molecular weight is 370 g/mol. The van der Waals surface area contributed by atoms with Gasteiger partial charge in [0.15, 0.2) is 0 Å². The monoisotopic (exact) mass is 369 g/mol. The van der Waals surface area contributed by atoms with Crippen molar-refractivity contribution in [2.24, 2.45) is 0 Å². The number of ether oxygens (including phenoxy) is 1. The molecule has 6 heteroatoms. The first kappa shape index (κ1) is 16.4. The SMILES string of the molecule is O=C(N[C@H](c1ccc(Br)cc1)C(F)F)OCc1ccccc1. The summed E-state index contributed by atoms with van der Waals surface area (Å²) in [5.74, 6) is 0. The zero-order chi connectivity index (χ0) is 15.9. The lowest BCUT2D eigenvalue weighted by atomic mass is 10.1. The molecule has 0 radical (unpaired) electrons. The molecular weight excluding hydrogens is 356 g/mol. The van der Waals surface area contributed by atoms with E-state index in [1.54, 1.807) is 36.4 Å². The summed E-state index contributed by atoms with van der Waals surface area (Å²) in [5.41, 5.74) is 1.10. The first-order valence-corrected chi connectivity index (χ1v) is 7.36. The van der Waals surface area contributed by atoms with Crippen molar-refractivity contribution < 1.29 is 18.3 Å². The molecule has 0 fully saturated rings. The van der Waals surface area contributed by atoms with Gasteiger partial charge in [0.2, 0.25) is 0 Å². The molecule has 2 aromatic carbocycles. The summed E-state index contributed by atoms with van der Waals surface area (Å²) in [6, 6.07) is 13.9. The summed E-state index contributed by atoms with van der Waals surface area (Å²) in [4.78, 5) is 11.7. The van der Waals surface area contributed by atoms with Crippen LogP contribution in [0, 0.1) is 0 Å². The van der Waals surface area contributed by atoms with Gasteiger partial charge in [0.05, 0.1) is 0 Å². The number of amides is 1. The summed E-state index contributed by atoms with van der Waals surface area (Å²) in [5, 5.41) is 2.20. The van der Waals surface area contributed by atoms with Gasteiger partial charge in [-0.1, -0.05) is 58.4 Å². The first-order valence-electron chi connectivity index (χ1n) is 6.57. The van der Waals surface area contributed by atoms with E-state index in [-0.39, 0.29) is 6.61 Å². The lowest BCUT2D eigenvalue weighted by Gasteiger charge is -2.18. The second-order valence-corrected chi connectivity index (χ2v) is 5.49. The van der Waals surface area contributed by atoms with E-state index in [0.29, 0.717) is 5.56 Å². The molecule has 0 saturated heterocycles. The van der Waals surface area contributed by atoms with Crippen LogP contribution >= 0.6 is 15.9 Å². The number of halogens is 3. The van der Waals surface area contributed by atoms with E-state index in [0.717, 1.165) is 10.0 Å². The number of alkyl halides is 2. The van der Waals surface area contributed by atoms with Crippen LogP contribution in [0.4, 0.5) is 13.6 Å². The second-order valence-electron chi connectivity index (χ2n) is 4.57. The first-order chi connectivity index (χ1) is 10.6. The minimum Gasteiger partial charge on any atom is -0.445 e. The van der Waals surface area contributed by atoms with E-state index in [1.165, 1.54) is 12.1 Å². The Kier molecular flexibility index (Phi) is 5.89. The molecule has 1 N–H and O–H groups in total. The molecule has 22 heavy (non-hydrogen) atoms. The van der Waals surface area contributed by atoms with Crippen molar-refractivity contribution in [2.45, 2.75) is 19.1 Å². The van der Waals surface area contributed by atoms with Crippen LogP contribution < -0.4 is 5.32 Å². The van der Waals surface area contributed by atoms with Crippen LogP contribution in [0.15, 0.2) is 59.1 Å². The fraction of sp³-hybridized carbons (Fsp3) is 0.188. The fourth-order valence-electron chi connectivity index (χ4n) is 1.85. The van der Waals surface area contributed by atoms with Crippen molar-refractivity contribution in [3.63, 3.8) is 0 Å². The maximum Gasteiger partial charge on any atom is 0.408 e. The highest BCUT2D eigenvalue weighted by atomic mass is 79.9. The van der Waals surface area contributed by atoms with Gasteiger partial charge in [-0.2, -0.15) is 0 Å². The van der Waals surface area contributed by atoms with E-state index in [4.69, 9.17) is 4.74 Å². The van der Waals surface area contributed by atoms with Gasteiger partial charge in [0, 0.05) is 4.47 Å². The van der Waals surface area contributed by atoms with Crippen LogP contribution in [0.1, 0.15) is 17.2 Å². The normalized spacial score (nSPS) is 12.0. The molecule has 2 aromatic rings. The van der Waals surface area contributed by atoms with Crippen molar-refractivity contribution in [3.05, 3.63) is 70.2 Å². The van der Waals surface area contributed by atoms with Crippen molar-refractivity contribution in [1.29, 1.82) is 0 Å². The number of hydrogen-bond donors (Lipinski definition) is 1. The third-order valence-corrected chi connectivity index (χ3v) is 3.50. The van der Waals surface area contributed by atoms with Crippen LogP contribution in [0.25, 0.3) is 0 Å². The number of nitrogens with one attached hydrogen (secondary N) is 1. The number of alkyl carbamates (subject to hydrolysis) is 1. The Balaban J connectivity index is 1.96. The van der Waals surface area contributed by atoms with Crippen LogP contribution in [-0.4, -0.2) is 12.5 Å². The van der Waals surface area contributed by atoms with Crippen molar-refractivity contribution in [2.75, 3.05) is 0 Å². The summed E-state index contributed by atoms with van der Waals surface area (Å²) >= 11 is 3.23. The predicted octanol–water partition coefficient (Wildman–Crippen LogP) is 4.68. The zero-order valence-corrected chi connectivity index (χ0v) is 13.1. The van der Waals surface area contributed by atoms with Gasteiger partial charge in [-0.25, -0.2) is 13.6 Å². The predicted molar refractivity (Wildman–Crippen MR) is 82.6 cm³/mol. The number of carbonyl (C=O) groups excluding carboxylic acids is 1. The number of carbonyl (C=O) groups is 1. The van der Waals surface area contributed by atoms with Crippen LogP contribution in [-0.2, 0) is 11.3 Å². The minimum absolute atomic E-state index is 0.0307. The van der Waals surface area contributed by atoms with Crippen LogP contribution in [0.5, 0.6) is 0 Å². The second kappa shape index (κ2) is 7.89. The van der Waals surface area contributed by atoms with Gasteiger partial charge in [-0.15, -0.1) is 0 Å². The van der Waals surface area contributed by atoms with Gasteiger partial charge in [0.1, 0.15) is 12.6 Å². The highest BCUT2D eigenvalue weighted by Crippen LogP contribution is 2.22. The summed E-state index contributed by atoms with van der Waals surface area (Å²) in [6.45, 7) is 0.0307. The van der Waals surface area contributed by atoms with E-state index in [1.807, 2.05) is 6.07 Å². The van der Waals surface area contributed by atoms with E-state index in [9.17, 15) is 13.6 Å². The highest BCUT2D eigenvalue weighted by molar-refractivity contribution is 9.10. The molecule has 0 aliphatic rings. The van der Waals surface area contributed by atoms with Gasteiger partial charge in [-0.05, 0) is 23.3 Å². The molecule has 0 aliphatic carbocycles. The Labute approximate surface area is 135 Å². The molecule has 0 saturated carbocycles. The lowest BCUT2D eigenvalue weighted by molar-refractivity contribution is 0.0829. The number of rotatable bonds is 5. The third-order valence-electron chi connectivity index (χ3n) is 2.97. The Morgan fingerprint density at radius 3 is 2.32 bits per heavy atom. The van der Waals surface area contributed by atoms with E-state index >= 15 is 0 Å². The molecule has 0 aliphatic heterocycles. The fourth-order valence-corrected chi connectivity index (χ4v) is 2.12. The molecule has 0 bridgehead atoms. The molecule has 0 unspecified atom stereocenters. The van der Waals surface area contributed by atoms with Gasteiger partial charge >= 0.3 is 6.09 Å². The van der Waals surface area contributed by atoms with Crippen LogP contribution in [0.3, 0.4) is 0 Å². The average Bonchev–Trinajstić information content (AvgIpc) is 2.52. The Hall–Kier alpha value is -1.95. The molecule has 0 aromatic heterocycles. The zero-order valence-electron chi connectivity index (χ0n) is 11.5. The quantitative estimate of drug-likeness (QED) is 0.830. The number of benzene rings is 2. The molecule has 1 atom stereocenters. The topological polar surface area (TPSA) is 38.3 Å². The Morgan fingerprint density at radius 2 is 1.73 bits per heavy atom. The van der Waals surface area contributed by atoms with Crippen molar-refractivity contribution in [3.8, 4) is 0 Å². The summed E-state index contributed by atoms with van der Waals surface area (Å²) in [6.07, 6.45) is -3.61. The maximum absolute atomic E-state index is 13.1. The molecule has 0 heterocycles. The molecular formula is C16H14BrF2NO2. The molecule has 0 spiro atoms. The smallest absolute Gasteiger partial charge is 0.408 e. The van der Waals surface area contributed by atoms with Crippen molar-refractivity contribution in [1.82, 2.24) is 5.32 Å². The van der Waals surface area contributed by atoms with Gasteiger partial charge in [-0.3, -0.25) is 0 Å². The van der Waals surface area contributed by atoms with Crippen molar-refractivity contribution >= 4 is 22.0 Å². The molecule has 1 amide bonds. The number of hydrogen-bond acceptors (Lipinski definition) is 2. The van der Waals surface area contributed by atoms with Gasteiger partial charge < -0.3 is 10.1 Å². The molecule has 3 nitrogen and oxygen atoms in total. The minimum atomic E-state index is -2.73. The maximum atomic E-state index is 13.1. The highest BCUT2D eigenvalue weighted by Gasteiger charge is 2.25.